The Hall–Kier alpha value is -3.13. The van der Waals surface area contributed by atoms with Crippen LogP contribution in [0.2, 0.25) is 0 Å². The molecule has 8 heteroatoms. The molecule has 4 rings (SSSR count). The van der Waals surface area contributed by atoms with Gasteiger partial charge in [-0.25, -0.2) is 9.78 Å². The summed E-state index contributed by atoms with van der Waals surface area (Å²) in [5.41, 5.74) is 1.54. The molecule has 3 amide bonds. The van der Waals surface area contributed by atoms with Crippen molar-refractivity contribution < 1.29 is 14.3 Å². The average Bonchev–Trinajstić information content (AvgIpc) is 3.17. The van der Waals surface area contributed by atoms with E-state index >= 15 is 0 Å². The van der Waals surface area contributed by atoms with E-state index in [-0.39, 0.29) is 17.9 Å². The molecule has 1 aromatic heterocycles. The zero-order chi connectivity index (χ0) is 20.2. The minimum Gasteiger partial charge on any atom is -0.494 e. The number of carbonyl (C=O) groups excluding carboxylic acids is 2. The third-order valence-electron chi connectivity index (χ3n) is 5.01. The van der Waals surface area contributed by atoms with E-state index in [9.17, 15) is 9.59 Å². The van der Waals surface area contributed by atoms with Crippen molar-refractivity contribution in [3.8, 4) is 5.75 Å². The van der Waals surface area contributed by atoms with E-state index in [1.807, 2.05) is 48.5 Å². The molecule has 2 aromatic carbocycles. The molecule has 29 heavy (non-hydrogen) atoms. The average molecular weight is 410 g/mol. The van der Waals surface area contributed by atoms with Gasteiger partial charge in [0.15, 0.2) is 5.13 Å². The second-order valence-corrected chi connectivity index (χ2v) is 7.90. The molecule has 0 atom stereocenters. The molecule has 1 fully saturated rings. The maximum atomic E-state index is 12.6. The first kappa shape index (κ1) is 19.2. The summed E-state index contributed by atoms with van der Waals surface area (Å²) in [4.78, 5) is 31.3. The number of hydrogen-bond acceptors (Lipinski definition) is 5. The number of aromatic nitrogens is 1. The van der Waals surface area contributed by atoms with Crippen LogP contribution in [0.5, 0.6) is 5.75 Å². The number of rotatable bonds is 4. The zero-order valence-electron chi connectivity index (χ0n) is 16.1. The Morgan fingerprint density at radius 3 is 2.55 bits per heavy atom. The van der Waals surface area contributed by atoms with E-state index in [1.165, 1.54) is 11.3 Å². The second kappa shape index (κ2) is 8.48. The Bertz CT molecular complexity index is 1010. The molecule has 7 nitrogen and oxygen atoms in total. The minimum absolute atomic E-state index is 0.00882. The van der Waals surface area contributed by atoms with Crippen LogP contribution in [0.15, 0.2) is 48.5 Å². The quantitative estimate of drug-likeness (QED) is 0.676. The van der Waals surface area contributed by atoms with Gasteiger partial charge in [0, 0.05) is 24.7 Å². The van der Waals surface area contributed by atoms with Crippen LogP contribution in [0.4, 0.5) is 15.6 Å². The summed E-state index contributed by atoms with van der Waals surface area (Å²) in [6.07, 6.45) is 1.28. The van der Waals surface area contributed by atoms with Crippen LogP contribution in [0, 0.1) is 5.92 Å². The lowest BCUT2D eigenvalue weighted by atomic mass is 9.96. The molecule has 0 radical (unpaired) electrons. The van der Waals surface area contributed by atoms with Gasteiger partial charge >= 0.3 is 6.03 Å². The lowest BCUT2D eigenvalue weighted by Gasteiger charge is -2.31. The number of thiazole rings is 1. The molecule has 2 N–H and O–H groups in total. The van der Waals surface area contributed by atoms with Gasteiger partial charge in [0.25, 0.3) is 0 Å². The lowest BCUT2D eigenvalue weighted by molar-refractivity contribution is -0.121. The van der Waals surface area contributed by atoms with E-state index < -0.39 is 0 Å². The van der Waals surface area contributed by atoms with Crippen LogP contribution in [0.25, 0.3) is 10.2 Å². The fourth-order valence-corrected chi connectivity index (χ4v) is 4.30. The normalized spacial score (nSPS) is 14.6. The molecule has 1 saturated heterocycles. The van der Waals surface area contributed by atoms with Crippen molar-refractivity contribution in [1.82, 2.24) is 9.88 Å². The van der Waals surface area contributed by atoms with E-state index in [1.54, 1.807) is 12.0 Å². The van der Waals surface area contributed by atoms with Crippen molar-refractivity contribution >= 4 is 44.3 Å². The number of carbonyl (C=O) groups is 2. The molecule has 0 aliphatic carbocycles. The highest BCUT2D eigenvalue weighted by atomic mass is 32.1. The number of amides is 3. The number of piperidine rings is 1. The Labute approximate surface area is 172 Å². The molecule has 0 unspecified atom stereocenters. The van der Waals surface area contributed by atoms with Gasteiger partial charge in [-0.15, -0.1) is 0 Å². The molecule has 150 valence electrons. The SMILES string of the molecule is COc1cccc2sc(NC(=O)N3CCC(C(=O)Nc4ccccc4)CC3)nc12. The summed E-state index contributed by atoms with van der Waals surface area (Å²) in [7, 11) is 1.60. The van der Waals surface area contributed by atoms with Crippen molar-refractivity contribution in [2.24, 2.45) is 5.92 Å². The fourth-order valence-electron chi connectivity index (χ4n) is 3.42. The molecule has 0 spiro atoms. The van der Waals surface area contributed by atoms with Crippen LogP contribution in [0.1, 0.15) is 12.8 Å². The van der Waals surface area contributed by atoms with Gasteiger partial charge in [-0.3, -0.25) is 10.1 Å². The van der Waals surface area contributed by atoms with Crippen LogP contribution >= 0.6 is 11.3 Å². The van der Waals surface area contributed by atoms with Gasteiger partial charge in [0.05, 0.1) is 11.8 Å². The van der Waals surface area contributed by atoms with Crippen molar-refractivity contribution in [2.45, 2.75) is 12.8 Å². The molecule has 0 saturated carbocycles. The maximum absolute atomic E-state index is 12.6. The molecule has 1 aliphatic rings. The number of anilines is 2. The van der Waals surface area contributed by atoms with Crippen LogP contribution in [0.3, 0.4) is 0 Å². The molecule has 0 bridgehead atoms. The molecule has 2 heterocycles. The Balaban J connectivity index is 1.33. The summed E-state index contributed by atoms with van der Waals surface area (Å²) in [5.74, 6) is 0.602. The standard InChI is InChI=1S/C21H22N4O3S/c1-28-16-8-5-9-17-18(16)23-20(29-17)24-21(27)25-12-10-14(11-13-25)19(26)22-15-6-3-2-4-7-15/h2-9,14H,10-13H2,1H3,(H,22,26)(H,23,24,27). The topological polar surface area (TPSA) is 83.6 Å². The first-order chi connectivity index (χ1) is 14.1. The van der Waals surface area contributed by atoms with Gasteiger partial charge < -0.3 is 15.0 Å². The van der Waals surface area contributed by atoms with Crippen LogP contribution in [-0.4, -0.2) is 42.0 Å². The largest absolute Gasteiger partial charge is 0.494 e. The predicted molar refractivity (Wildman–Crippen MR) is 115 cm³/mol. The summed E-state index contributed by atoms with van der Waals surface area (Å²) >= 11 is 1.41. The highest BCUT2D eigenvalue weighted by molar-refractivity contribution is 7.22. The summed E-state index contributed by atoms with van der Waals surface area (Å²) in [5, 5.41) is 6.36. The summed E-state index contributed by atoms with van der Waals surface area (Å²) in [6.45, 7) is 1.07. The van der Waals surface area contributed by atoms with E-state index in [0.29, 0.717) is 36.8 Å². The van der Waals surface area contributed by atoms with Gasteiger partial charge in [0.2, 0.25) is 5.91 Å². The first-order valence-corrected chi connectivity index (χ1v) is 10.3. The summed E-state index contributed by atoms with van der Waals surface area (Å²) < 4.78 is 6.28. The number of hydrogen-bond donors (Lipinski definition) is 2. The second-order valence-electron chi connectivity index (χ2n) is 6.87. The zero-order valence-corrected chi connectivity index (χ0v) is 16.9. The maximum Gasteiger partial charge on any atom is 0.323 e. The van der Waals surface area contributed by atoms with E-state index in [2.05, 4.69) is 15.6 Å². The number of fused-ring (bicyclic) bond motifs is 1. The van der Waals surface area contributed by atoms with Crippen molar-refractivity contribution in [3.63, 3.8) is 0 Å². The smallest absolute Gasteiger partial charge is 0.323 e. The van der Waals surface area contributed by atoms with Gasteiger partial charge in [-0.05, 0) is 37.1 Å². The fraction of sp³-hybridized carbons (Fsp3) is 0.286. The van der Waals surface area contributed by atoms with Crippen molar-refractivity contribution in [1.29, 1.82) is 0 Å². The van der Waals surface area contributed by atoms with Crippen molar-refractivity contribution in [2.75, 3.05) is 30.8 Å². The number of nitrogens with one attached hydrogen (secondary N) is 2. The van der Waals surface area contributed by atoms with Crippen LogP contribution < -0.4 is 15.4 Å². The monoisotopic (exact) mass is 410 g/mol. The van der Waals surface area contributed by atoms with E-state index in [0.717, 1.165) is 15.9 Å². The highest BCUT2D eigenvalue weighted by Gasteiger charge is 2.28. The number of likely N-dealkylation sites (tertiary alicyclic amines) is 1. The third kappa shape index (κ3) is 4.32. The summed E-state index contributed by atoms with van der Waals surface area (Å²) in [6, 6.07) is 14.9. The number of benzene rings is 2. The predicted octanol–water partition coefficient (Wildman–Crippen LogP) is 4.19. The van der Waals surface area contributed by atoms with Gasteiger partial charge in [-0.1, -0.05) is 35.6 Å². The number of para-hydroxylation sites is 2. The van der Waals surface area contributed by atoms with Crippen molar-refractivity contribution in [3.05, 3.63) is 48.5 Å². The van der Waals surface area contributed by atoms with Crippen LogP contribution in [-0.2, 0) is 4.79 Å². The molecular weight excluding hydrogens is 388 g/mol. The van der Waals surface area contributed by atoms with Gasteiger partial charge in [-0.2, -0.15) is 0 Å². The molecule has 3 aromatic rings. The minimum atomic E-state index is -0.190. The Kier molecular flexibility index (Phi) is 5.62. The first-order valence-electron chi connectivity index (χ1n) is 9.49. The Morgan fingerprint density at radius 1 is 1.07 bits per heavy atom. The molecule has 1 aliphatic heterocycles. The Morgan fingerprint density at radius 2 is 1.83 bits per heavy atom. The number of urea groups is 1. The van der Waals surface area contributed by atoms with Gasteiger partial charge in [0.1, 0.15) is 11.3 Å². The number of ether oxygens (including phenoxy) is 1. The third-order valence-corrected chi connectivity index (χ3v) is 5.95. The lowest BCUT2D eigenvalue weighted by Crippen LogP contribution is -2.43. The molecular formula is C21H22N4O3S. The van der Waals surface area contributed by atoms with E-state index in [4.69, 9.17) is 4.74 Å². The number of nitrogens with zero attached hydrogens (tertiary/aromatic N) is 2. The number of methoxy groups -OCH3 is 1. The highest BCUT2D eigenvalue weighted by Crippen LogP contribution is 2.32.